The van der Waals surface area contributed by atoms with Gasteiger partial charge in [-0.25, -0.2) is 9.18 Å². The van der Waals surface area contributed by atoms with Crippen molar-refractivity contribution in [3.05, 3.63) is 35.6 Å². The molecule has 3 nitrogen and oxygen atoms in total. The topological polar surface area (TPSA) is 49.3 Å². The maximum atomic E-state index is 13.1. The third kappa shape index (κ3) is 1.80. The number of benzene rings is 1. The molecule has 0 radical (unpaired) electrons. The van der Waals surface area contributed by atoms with Gasteiger partial charge in [-0.2, -0.15) is 0 Å². The van der Waals surface area contributed by atoms with Crippen LogP contribution in [0.15, 0.2) is 24.3 Å². The summed E-state index contributed by atoms with van der Waals surface area (Å²) in [7, 11) is 0. The Morgan fingerprint density at radius 1 is 1.44 bits per heavy atom. The first-order chi connectivity index (χ1) is 7.65. The van der Waals surface area contributed by atoms with Crippen molar-refractivity contribution in [2.24, 2.45) is 0 Å². The van der Waals surface area contributed by atoms with E-state index in [-0.39, 0.29) is 0 Å². The van der Waals surface area contributed by atoms with Gasteiger partial charge in [0.25, 0.3) is 0 Å². The van der Waals surface area contributed by atoms with Crippen molar-refractivity contribution in [3.63, 3.8) is 0 Å². The smallest absolute Gasteiger partial charge is 0.328 e. The highest BCUT2D eigenvalue weighted by Crippen LogP contribution is 2.31. The molecule has 1 heterocycles. The Bertz CT molecular complexity index is 400. The number of rotatable bonds is 2. The molecule has 86 valence electrons. The number of nitrogens with one attached hydrogen (secondary N) is 1. The zero-order valence-electron chi connectivity index (χ0n) is 8.87. The lowest BCUT2D eigenvalue weighted by atomic mass is 9.82. The first kappa shape index (κ1) is 11.1. The molecule has 0 aliphatic carbocycles. The molecular weight excluding hydrogens is 209 g/mol. The summed E-state index contributed by atoms with van der Waals surface area (Å²) in [5, 5.41) is 12.4. The van der Waals surface area contributed by atoms with Crippen molar-refractivity contribution in [1.29, 1.82) is 0 Å². The van der Waals surface area contributed by atoms with E-state index < -0.39 is 17.3 Å². The Balaban J connectivity index is 2.42. The Hall–Kier alpha value is -1.42. The molecule has 2 rings (SSSR count). The zero-order valence-corrected chi connectivity index (χ0v) is 8.87. The maximum absolute atomic E-state index is 13.1. The van der Waals surface area contributed by atoms with Crippen LogP contribution in [0.4, 0.5) is 4.39 Å². The third-order valence-corrected chi connectivity index (χ3v) is 3.09. The summed E-state index contributed by atoms with van der Waals surface area (Å²) < 4.78 is 13.1. The van der Waals surface area contributed by atoms with Crippen LogP contribution in [0.2, 0.25) is 0 Å². The number of piperidine rings is 1. The van der Waals surface area contributed by atoms with Crippen LogP contribution < -0.4 is 5.32 Å². The summed E-state index contributed by atoms with van der Waals surface area (Å²) in [6.07, 6.45) is 2.31. The normalized spacial score (nSPS) is 25.3. The largest absolute Gasteiger partial charge is 0.480 e. The van der Waals surface area contributed by atoms with Crippen molar-refractivity contribution in [1.82, 2.24) is 5.32 Å². The zero-order chi connectivity index (χ0) is 11.6. The van der Waals surface area contributed by atoms with Gasteiger partial charge in [0.1, 0.15) is 11.4 Å². The second-order valence-electron chi connectivity index (χ2n) is 4.10. The van der Waals surface area contributed by atoms with Crippen LogP contribution in [0.5, 0.6) is 0 Å². The van der Waals surface area contributed by atoms with Crippen molar-refractivity contribution in [2.75, 3.05) is 6.54 Å². The SMILES string of the molecule is O=C(O)C1(c2cccc(F)c2)CCCCN1. The summed E-state index contributed by atoms with van der Waals surface area (Å²) in [5.74, 6) is -1.33. The van der Waals surface area contributed by atoms with Gasteiger partial charge in [0, 0.05) is 0 Å². The van der Waals surface area contributed by atoms with E-state index in [1.807, 2.05) is 0 Å². The van der Waals surface area contributed by atoms with E-state index in [9.17, 15) is 14.3 Å². The van der Waals surface area contributed by atoms with Crippen molar-refractivity contribution >= 4 is 5.97 Å². The molecular formula is C12H14FNO2. The van der Waals surface area contributed by atoms with Crippen molar-refractivity contribution < 1.29 is 14.3 Å². The Kier molecular flexibility index (Phi) is 2.92. The van der Waals surface area contributed by atoms with E-state index in [4.69, 9.17) is 0 Å². The predicted octanol–water partition coefficient (Wildman–Crippen LogP) is 1.88. The van der Waals surface area contributed by atoms with E-state index in [0.717, 1.165) is 12.8 Å². The highest BCUT2D eigenvalue weighted by molar-refractivity contribution is 5.81. The maximum Gasteiger partial charge on any atom is 0.328 e. The van der Waals surface area contributed by atoms with Crippen LogP contribution in [0.3, 0.4) is 0 Å². The number of carbonyl (C=O) groups is 1. The number of hydrogen-bond acceptors (Lipinski definition) is 2. The molecule has 1 aromatic carbocycles. The molecule has 1 atom stereocenters. The van der Waals surface area contributed by atoms with Crippen LogP contribution in [0.25, 0.3) is 0 Å². The van der Waals surface area contributed by atoms with E-state index in [1.54, 1.807) is 12.1 Å². The number of aliphatic carboxylic acids is 1. The molecule has 2 N–H and O–H groups in total. The summed E-state index contributed by atoms with van der Waals surface area (Å²) >= 11 is 0. The molecule has 1 aromatic rings. The van der Waals surface area contributed by atoms with Gasteiger partial charge in [0.15, 0.2) is 0 Å². The van der Waals surface area contributed by atoms with E-state index >= 15 is 0 Å². The molecule has 0 amide bonds. The van der Waals surface area contributed by atoms with Crippen molar-refractivity contribution in [3.8, 4) is 0 Å². The quantitative estimate of drug-likeness (QED) is 0.804. The van der Waals surface area contributed by atoms with Gasteiger partial charge in [-0.15, -0.1) is 0 Å². The minimum absolute atomic E-state index is 0.398. The summed E-state index contributed by atoms with van der Waals surface area (Å²) in [5.41, 5.74) is -0.611. The summed E-state index contributed by atoms with van der Waals surface area (Å²) in [6, 6.07) is 5.83. The number of halogens is 1. The second-order valence-corrected chi connectivity index (χ2v) is 4.10. The number of carboxylic acids is 1. The van der Waals surface area contributed by atoms with Crippen LogP contribution in [-0.2, 0) is 10.3 Å². The van der Waals surface area contributed by atoms with E-state index in [2.05, 4.69) is 5.32 Å². The van der Waals surface area contributed by atoms with E-state index in [0.29, 0.717) is 18.5 Å². The van der Waals surface area contributed by atoms with Gasteiger partial charge in [-0.3, -0.25) is 5.32 Å². The Morgan fingerprint density at radius 3 is 2.81 bits per heavy atom. The average molecular weight is 223 g/mol. The highest BCUT2D eigenvalue weighted by Gasteiger charge is 2.41. The Labute approximate surface area is 93.3 Å². The van der Waals surface area contributed by atoms with Gasteiger partial charge in [-0.05, 0) is 43.5 Å². The molecule has 16 heavy (non-hydrogen) atoms. The number of hydrogen-bond donors (Lipinski definition) is 2. The molecule has 1 unspecified atom stereocenters. The van der Waals surface area contributed by atoms with Gasteiger partial charge in [0.2, 0.25) is 0 Å². The first-order valence-electron chi connectivity index (χ1n) is 5.40. The molecule has 0 spiro atoms. The highest BCUT2D eigenvalue weighted by atomic mass is 19.1. The first-order valence-corrected chi connectivity index (χ1v) is 5.40. The van der Waals surface area contributed by atoms with Crippen LogP contribution in [0.1, 0.15) is 24.8 Å². The second kappa shape index (κ2) is 4.22. The third-order valence-electron chi connectivity index (χ3n) is 3.09. The molecule has 0 bridgehead atoms. The van der Waals surface area contributed by atoms with Crippen LogP contribution in [0, 0.1) is 5.82 Å². The fraction of sp³-hybridized carbons (Fsp3) is 0.417. The van der Waals surface area contributed by atoms with Gasteiger partial charge in [0.05, 0.1) is 0 Å². The molecule has 0 aromatic heterocycles. The standard InChI is InChI=1S/C12H14FNO2/c13-10-5-3-4-9(8-10)12(11(15)16)6-1-2-7-14-12/h3-5,8,14H,1-2,6-7H2,(H,15,16). The molecule has 1 fully saturated rings. The van der Waals surface area contributed by atoms with Crippen LogP contribution in [-0.4, -0.2) is 17.6 Å². The minimum atomic E-state index is -1.11. The molecule has 1 aliphatic rings. The fourth-order valence-corrected chi connectivity index (χ4v) is 2.21. The lowest BCUT2D eigenvalue weighted by Gasteiger charge is -2.34. The molecule has 4 heteroatoms. The predicted molar refractivity (Wildman–Crippen MR) is 57.6 cm³/mol. The van der Waals surface area contributed by atoms with Gasteiger partial charge < -0.3 is 5.11 Å². The van der Waals surface area contributed by atoms with Crippen molar-refractivity contribution in [2.45, 2.75) is 24.8 Å². The molecule has 0 saturated carbocycles. The lowest BCUT2D eigenvalue weighted by molar-refractivity contribution is -0.146. The fourth-order valence-electron chi connectivity index (χ4n) is 2.21. The molecule has 1 saturated heterocycles. The molecule has 1 aliphatic heterocycles. The van der Waals surface area contributed by atoms with Gasteiger partial charge in [-0.1, -0.05) is 12.1 Å². The number of carboxylic acid groups (broad SMARTS) is 1. The van der Waals surface area contributed by atoms with Gasteiger partial charge >= 0.3 is 5.97 Å². The average Bonchev–Trinajstić information content (AvgIpc) is 2.30. The Morgan fingerprint density at radius 2 is 2.25 bits per heavy atom. The minimum Gasteiger partial charge on any atom is -0.480 e. The van der Waals surface area contributed by atoms with E-state index in [1.165, 1.54) is 12.1 Å². The monoisotopic (exact) mass is 223 g/mol. The van der Waals surface area contributed by atoms with Crippen LogP contribution >= 0.6 is 0 Å². The lowest BCUT2D eigenvalue weighted by Crippen LogP contribution is -2.51. The summed E-state index contributed by atoms with van der Waals surface area (Å²) in [6.45, 7) is 0.656. The summed E-state index contributed by atoms with van der Waals surface area (Å²) in [4.78, 5) is 11.4.